The highest BCUT2D eigenvalue weighted by molar-refractivity contribution is 14.1. The lowest BCUT2D eigenvalue weighted by molar-refractivity contribution is 0.649. The molecule has 0 saturated carbocycles. The van der Waals surface area contributed by atoms with E-state index in [2.05, 4.69) is 78.9 Å². The summed E-state index contributed by atoms with van der Waals surface area (Å²) in [7, 11) is 0. The Hall–Kier alpha value is -1.09. The van der Waals surface area contributed by atoms with Gasteiger partial charge in [-0.15, -0.1) is 0 Å². The van der Waals surface area contributed by atoms with Crippen LogP contribution in [0.25, 0.3) is 5.57 Å². The van der Waals surface area contributed by atoms with Gasteiger partial charge in [-0.2, -0.15) is 0 Å². The standard InChI is InChI=1S/C21H21I/c1-21(2)19-6-4-3-5-17(19)18-12-9-15(13-20(18)21)14-7-10-16(22)11-8-14/h3-7,10,13H,8-9,11-12H2,1-2H3. The average Bonchev–Trinajstić information content (AvgIpc) is 2.77. The van der Waals surface area contributed by atoms with Gasteiger partial charge in [0.1, 0.15) is 0 Å². The van der Waals surface area contributed by atoms with Crippen LogP contribution in [0.2, 0.25) is 0 Å². The van der Waals surface area contributed by atoms with Crippen LogP contribution >= 0.6 is 22.6 Å². The molecule has 1 heteroatoms. The van der Waals surface area contributed by atoms with Crippen molar-refractivity contribution in [3.05, 3.63) is 73.9 Å². The third-order valence-electron chi connectivity index (χ3n) is 5.40. The Morgan fingerprint density at radius 3 is 2.45 bits per heavy atom. The zero-order valence-corrected chi connectivity index (χ0v) is 15.4. The Balaban J connectivity index is 1.79. The fraction of sp³-hybridized carbons (Fsp3) is 0.333. The smallest absolute Gasteiger partial charge is 0.0155 e. The minimum absolute atomic E-state index is 0.150. The molecule has 0 amide bonds. The SMILES string of the molecule is CC1(C)C2=C(CCC(C3=CC=C(I)CC3)=C2)c2ccccc21. The molecule has 0 heterocycles. The van der Waals surface area contributed by atoms with E-state index in [1.54, 1.807) is 22.3 Å². The number of hydrogen-bond acceptors (Lipinski definition) is 0. The van der Waals surface area contributed by atoms with Gasteiger partial charge in [-0.05, 0) is 85.3 Å². The van der Waals surface area contributed by atoms with Crippen LogP contribution in [0.15, 0.2) is 62.8 Å². The molecule has 0 radical (unpaired) electrons. The van der Waals surface area contributed by atoms with E-state index in [0.717, 1.165) is 0 Å². The predicted molar refractivity (Wildman–Crippen MR) is 103 cm³/mol. The van der Waals surface area contributed by atoms with Gasteiger partial charge in [0.05, 0.1) is 0 Å². The zero-order valence-electron chi connectivity index (χ0n) is 13.2. The Labute approximate surface area is 146 Å². The van der Waals surface area contributed by atoms with Gasteiger partial charge in [0.25, 0.3) is 0 Å². The molecule has 0 nitrogen and oxygen atoms in total. The van der Waals surface area contributed by atoms with Gasteiger partial charge in [0.15, 0.2) is 0 Å². The van der Waals surface area contributed by atoms with E-state index in [9.17, 15) is 0 Å². The van der Waals surface area contributed by atoms with E-state index >= 15 is 0 Å². The first kappa shape index (κ1) is 14.5. The van der Waals surface area contributed by atoms with Crippen LogP contribution in [0.3, 0.4) is 0 Å². The number of rotatable bonds is 1. The van der Waals surface area contributed by atoms with Crippen molar-refractivity contribution in [2.24, 2.45) is 0 Å². The summed E-state index contributed by atoms with van der Waals surface area (Å²) in [4.78, 5) is 0. The highest BCUT2D eigenvalue weighted by Crippen LogP contribution is 2.51. The van der Waals surface area contributed by atoms with E-state index in [1.807, 2.05) is 0 Å². The monoisotopic (exact) mass is 400 g/mol. The summed E-state index contributed by atoms with van der Waals surface area (Å²) in [5.74, 6) is 0. The second-order valence-corrected chi connectivity index (χ2v) is 8.42. The maximum Gasteiger partial charge on any atom is 0.0155 e. The fourth-order valence-corrected chi connectivity index (χ4v) is 4.58. The van der Waals surface area contributed by atoms with Crippen LogP contribution in [0.1, 0.15) is 50.7 Å². The number of fused-ring (bicyclic) bond motifs is 2. The van der Waals surface area contributed by atoms with Crippen molar-refractivity contribution in [3.63, 3.8) is 0 Å². The molecular weight excluding hydrogens is 379 g/mol. The molecule has 0 aliphatic heterocycles. The van der Waals surface area contributed by atoms with Crippen molar-refractivity contribution >= 4 is 28.2 Å². The predicted octanol–water partition coefficient (Wildman–Crippen LogP) is 6.49. The van der Waals surface area contributed by atoms with Gasteiger partial charge in [-0.25, -0.2) is 0 Å². The molecule has 112 valence electrons. The highest BCUT2D eigenvalue weighted by Gasteiger charge is 2.37. The van der Waals surface area contributed by atoms with Gasteiger partial charge in [0.2, 0.25) is 0 Å². The molecule has 0 spiro atoms. The number of hydrogen-bond donors (Lipinski definition) is 0. The molecule has 22 heavy (non-hydrogen) atoms. The largest absolute Gasteiger partial charge is 0.0619 e. The lowest BCUT2D eigenvalue weighted by Gasteiger charge is -2.27. The van der Waals surface area contributed by atoms with Crippen LogP contribution in [0, 0.1) is 0 Å². The van der Waals surface area contributed by atoms with Gasteiger partial charge in [-0.3, -0.25) is 0 Å². The first-order chi connectivity index (χ1) is 10.6. The Kier molecular flexibility index (Phi) is 3.44. The highest BCUT2D eigenvalue weighted by atomic mass is 127. The van der Waals surface area contributed by atoms with Gasteiger partial charge in [-0.1, -0.05) is 56.3 Å². The first-order valence-corrected chi connectivity index (χ1v) is 9.25. The Morgan fingerprint density at radius 2 is 1.68 bits per heavy atom. The molecule has 0 atom stereocenters. The molecule has 0 saturated heterocycles. The second kappa shape index (κ2) is 5.23. The maximum absolute atomic E-state index is 2.51. The molecule has 1 aromatic carbocycles. The first-order valence-electron chi connectivity index (χ1n) is 8.17. The lowest BCUT2D eigenvalue weighted by Crippen LogP contribution is -2.17. The van der Waals surface area contributed by atoms with Crippen molar-refractivity contribution < 1.29 is 0 Å². The van der Waals surface area contributed by atoms with Crippen LogP contribution in [0.5, 0.6) is 0 Å². The minimum Gasteiger partial charge on any atom is -0.0619 e. The molecule has 0 N–H and O–H groups in total. The summed E-state index contributed by atoms with van der Waals surface area (Å²) in [5, 5.41) is 0. The Morgan fingerprint density at radius 1 is 0.909 bits per heavy atom. The van der Waals surface area contributed by atoms with Crippen molar-refractivity contribution in [1.82, 2.24) is 0 Å². The van der Waals surface area contributed by atoms with Crippen LogP contribution < -0.4 is 0 Å². The summed E-state index contributed by atoms with van der Waals surface area (Å²) in [6, 6.07) is 8.98. The van der Waals surface area contributed by atoms with Gasteiger partial charge in [0, 0.05) is 5.41 Å². The number of allylic oxidation sites excluding steroid dienone is 8. The summed E-state index contributed by atoms with van der Waals surface area (Å²) in [6.45, 7) is 4.76. The summed E-state index contributed by atoms with van der Waals surface area (Å²) < 4.78 is 1.48. The number of halogens is 1. The van der Waals surface area contributed by atoms with Crippen molar-refractivity contribution in [2.75, 3.05) is 0 Å². The molecule has 3 aliphatic carbocycles. The summed E-state index contributed by atoms with van der Waals surface area (Å²) >= 11 is 2.46. The van der Waals surface area contributed by atoms with Gasteiger partial charge >= 0.3 is 0 Å². The average molecular weight is 400 g/mol. The molecule has 3 aliphatic rings. The van der Waals surface area contributed by atoms with E-state index < -0.39 is 0 Å². The quantitative estimate of drug-likeness (QED) is 0.473. The molecule has 0 aromatic heterocycles. The third kappa shape index (κ3) is 2.17. The van der Waals surface area contributed by atoms with Crippen LogP contribution in [-0.2, 0) is 5.41 Å². The van der Waals surface area contributed by atoms with Crippen LogP contribution in [0.4, 0.5) is 0 Å². The normalized spacial score (nSPS) is 22.6. The third-order valence-corrected chi connectivity index (χ3v) is 6.30. The molecular formula is C21H21I. The minimum atomic E-state index is 0.150. The Bertz CT molecular complexity index is 769. The van der Waals surface area contributed by atoms with Crippen molar-refractivity contribution in [2.45, 2.75) is 44.9 Å². The van der Waals surface area contributed by atoms with E-state index in [1.165, 1.54) is 40.4 Å². The molecule has 0 bridgehead atoms. The second-order valence-electron chi connectivity index (χ2n) is 7.04. The summed E-state index contributed by atoms with van der Waals surface area (Å²) in [5.41, 5.74) is 9.41. The van der Waals surface area contributed by atoms with Crippen molar-refractivity contribution in [3.8, 4) is 0 Å². The molecule has 4 rings (SSSR count). The van der Waals surface area contributed by atoms with E-state index in [-0.39, 0.29) is 5.41 Å². The zero-order chi connectivity index (χ0) is 15.3. The molecule has 1 aromatic rings. The van der Waals surface area contributed by atoms with Gasteiger partial charge < -0.3 is 0 Å². The van der Waals surface area contributed by atoms with Crippen molar-refractivity contribution in [1.29, 1.82) is 0 Å². The number of benzene rings is 1. The molecule has 0 fully saturated rings. The lowest BCUT2D eigenvalue weighted by atomic mass is 9.77. The van der Waals surface area contributed by atoms with E-state index in [0.29, 0.717) is 0 Å². The van der Waals surface area contributed by atoms with E-state index in [4.69, 9.17) is 0 Å². The maximum atomic E-state index is 2.51. The molecule has 0 unspecified atom stereocenters. The topological polar surface area (TPSA) is 0 Å². The summed E-state index contributed by atoms with van der Waals surface area (Å²) in [6.07, 6.45) is 11.9. The van der Waals surface area contributed by atoms with Crippen LogP contribution in [-0.4, -0.2) is 0 Å². The fourth-order valence-electron chi connectivity index (χ4n) is 4.13.